The number of piperazine rings is 1. The minimum Gasteiger partial charge on any atom is -0.367 e. The number of nitrogens with zero attached hydrogens (tertiary/aromatic N) is 5. The van der Waals surface area contributed by atoms with Crippen molar-refractivity contribution in [3.63, 3.8) is 0 Å². The van der Waals surface area contributed by atoms with Crippen LogP contribution in [-0.4, -0.2) is 55.7 Å². The van der Waals surface area contributed by atoms with Gasteiger partial charge in [0.25, 0.3) is 15.9 Å². The summed E-state index contributed by atoms with van der Waals surface area (Å²) in [4.78, 5) is 19.4. The van der Waals surface area contributed by atoms with Crippen LogP contribution in [0, 0.1) is 0 Å². The third-order valence-electron chi connectivity index (χ3n) is 5.18. The minimum atomic E-state index is -3.70. The van der Waals surface area contributed by atoms with Crippen LogP contribution >= 0.6 is 11.3 Å². The maximum Gasteiger partial charge on any atom is 0.286 e. The first-order valence-corrected chi connectivity index (χ1v) is 11.9. The van der Waals surface area contributed by atoms with Crippen molar-refractivity contribution in [1.82, 2.24) is 20.5 Å². The largest absolute Gasteiger partial charge is 0.367 e. The zero-order valence-electron chi connectivity index (χ0n) is 16.4. The molecule has 0 unspecified atom stereocenters. The summed E-state index contributed by atoms with van der Waals surface area (Å²) in [6, 6.07) is 8.67. The molecule has 0 atom stereocenters. The summed E-state index contributed by atoms with van der Waals surface area (Å²) in [6.07, 6.45) is 3.28. The van der Waals surface area contributed by atoms with Crippen molar-refractivity contribution in [2.45, 2.75) is 11.4 Å². The van der Waals surface area contributed by atoms with Crippen molar-refractivity contribution >= 4 is 43.8 Å². The summed E-state index contributed by atoms with van der Waals surface area (Å²) in [5.41, 5.74) is 2.15. The van der Waals surface area contributed by atoms with Crippen molar-refractivity contribution in [3.8, 4) is 0 Å². The van der Waals surface area contributed by atoms with Gasteiger partial charge in [-0.1, -0.05) is 29.5 Å². The van der Waals surface area contributed by atoms with Crippen LogP contribution in [0.5, 0.6) is 0 Å². The summed E-state index contributed by atoms with van der Waals surface area (Å²) in [7, 11) is -3.70. The van der Waals surface area contributed by atoms with E-state index < -0.39 is 15.9 Å². The first-order chi connectivity index (χ1) is 15.0. The molecule has 3 aromatic rings. The van der Waals surface area contributed by atoms with Crippen molar-refractivity contribution in [2.24, 2.45) is 0 Å². The standard InChI is InChI=1S/C19H19N7O3S2/c27-17(22-14-11-21-6-5-15(14)25-9-7-20-8-10-25)18-23-24-19(30-18)26-12-13-3-1-2-4-16(13)31(26,28)29/h1-6,11,20H,7-10,12H2,(H,22,27). The van der Waals surface area contributed by atoms with Crippen molar-refractivity contribution in [2.75, 3.05) is 40.7 Å². The van der Waals surface area contributed by atoms with E-state index in [1.165, 1.54) is 4.31 Å². The monoisotopic (exact) mass is 457 g/mol. The molecule has 31 heavy (non-hydrogen) atoms. The SMILES string of the molecule is O=C(Nc1cnccc1N1CCNCC1)c1nnc(N2Cc3ccccc3S2(=O)=O)s1. The van der Waals surface area contributed by atoms with Gasteiger partial charge in [-0.05, 0) is 17.7 Å². The van der Waals surface area contributed by atoms with Crippen molar-refractivity contribution < 1.29 is 13.2 Å². The van der Waals surface area contributed by atoms with Crippen LogP contribution in [0.15, 0.2) is 47.6 Å². The third-order valence-corrected chi connectivity index (χ3v) is 8.08. The number of fused-ring (bicyclic) bond motifs is 1. The Hall–Kier alpha value is -3.09. The Bertz CT molecular complexity index is 1240. The van der Waals surface area contributed by atoms with Crippen LogP contribution in [0.1, 0.15) is 15.4 Å². The van der Waals surface area contributed by atoms with Gasteiger partial charge in [0.05, 0.1) is 29.0 Å². The average Bonchev–Trinajstić information content (AvgIpc) is 3.38. The number of pyridine rings is 1. The number of carbonyl (C=O) groups is 1. The molecule has 5 rings (SSSR count). The maximum atomic E-state index is 12.8. The van der Waals surface area contributed by atoms with Gasteiger partial charge in [-0.15, -0.1) is 10.2 Å². The van der Waals surface area contributed by atoms with Gasteiger partial charge in [0, 0.05) is 32.4 Å². The average molecular weight is 458 g/mol. The molecule has 4 heterocycles. The molecule has 1 aromatic carbocycles. The highest BCUT2D eigenvalue weighted by Crippen LogP contribution is 2.36. The number of hydrogen-bond acceptors (Lipinski definition) is 9. The molecular weight excluding hydrogens is 438 g/mol. The molecule has 10 nitrogen and oxygen atoms in total. The topological polar surface area (TPSA) is 120 Å². The van der Waals surface area contributed by atoms with Crippen LogP contribution < -0.4 is 19.8 Å². The number of rotatable bonds is 4. The summed E-state index contributed by atoms with van der Waals surface area (Å²) in [5, 5.41) is 14.3. The molecule has 0 aliphatic carbocycles. The normalized spacial score (nSPS) is 17.4. The van der Waals surface area contributed by atoms with E-state index in [-0.39, 0.29) is 21.6 Å². The molecule has 2 aromatic heterocycles. The Kier molecular flexibility index (Phi) is 5.04. The Morgan fingerprint density at radius 3 is 2.74 bits per heavy atom. The lowest BCUT2D eigenvalue weighted by atomic mass is 10.2. The van der Waals surface area contributed by atoms with Crippen LogP contribution in [0.3, 0.4) is 0 Å². The fourth-order valence-corrected chi connectivity index (χ4v) is 6.22. The van der Waals surface area contributed by atoms with E-state index >= 15 is 0 Å². The molecule has 160 valence electrons. The molecule has 2 aliphatic heterocycles. The first-order valence-electron chi connectivity index (χ1n) is 9.69. The lowest BCUT2D eigenvalue weighted by Crippen LogP contribution is -2.43. The number of nitrogens with one attached hydrogen (secondary N) is 2. The van der Waals surface area contributed by atoms with Gasteiger partial charge in [0.2, 0.25) is 10.1 Å². The minimum absolute atomic E-state index is 0.0799. The Morgan fingerprint density at radius 2 is 1.94 bits per heavy atom. The Balaban J connectivity index is 1.36. The van der Waals surface area contributed by atoms with Crippen LogP contribution in [0.25, 0.3) is 0 Å². The number of carbonyl (C=O) groups excluding carboxylic acids is 1. The fraction of sp³-hybridized carbons (Fsp3) is 0.263. The molecule has 1 amide bonds. The number of benzene rings is 1. The van der Waals surface area contributed by atoms with Gasteiger partial charge in [-0.2, -0.15) is 0 Å². The highest BCUT2D eigenvalue weighted by molar-refractivity contribution is 7.93. The molecule has 0 radical (unpaired) electrons. The molecule has 1 fully saturated rings. The van der Waals surface area contributed by atoms with Gasteiger partial charge in [0.15, 0.2) is 0 Å². The second-order valence-electron chi connectivity index (χ2n) is 7.09. The van der Waals surface area contributed by atoms with E-state index in [0.29, 0.717) is 11.3 Å². The second-order valence-corrected chi connectivity index (χ2v) is 9.88. The molecule has 12 heteroatoms. The number of hydrogen-bond donors (Lipinski definition) is 2. The highest BCUT2D eigenvalue weighted by atomic mass is 32.2. The van der Waals surface area contributed by atoms with E-state index in [2.05, 4.69) is 30.7 Å². The van der Waals surface area contributed by atoms with E-state index in [4.69, 9.17) is 0 Å². The summed E-state index contributed by atoms with van der Waals surface area (Å²) >= 11 is 0.940. The smallest absolute Gasteiger partial charge is 0.286 e. The third kappa shape index (κ3) is 3.62. The van der Waals surface area contributed by atoms with E-state index in [9.17, 15) is 13.2 Å². The van der Waals surface area contributed by atoms with Gasteiger partial charge < -0.3 is 15.5 Å². The molecule has 2 aliphatic rings. The zero-order chi connectivity index (χ0) is 21.4. The van der Waals surface area contributed by atoms with Gasteiger partial charge in [-0.25, -0.2) is 12.7 Å². The van der Waals surface area contributed by atoms with Crippen molar-refractivity contribution in [1.29, 1.82) is 0 Å². The van der Waals surface area contributed by atoms with Crippen LogP contribution in [0.2, 0.25) is 0 Å². The Labute approximate surface area is 183 Å². The predicted octanol–water partition coefficient (Wildman–Crippen LogP) is 1.30. The van der Waals surface area contributed by atoms with Crippen molar-refractivity contribution in [3.05, 3.63) is 53.3 Å². The summed E-state index contributed by atoms with van der Waals surface area (Å²) in [6.45, 7) is 3.54. The van der Waals surface area contributed by atoms with E-state index in [0.717, 1.165) is 43.2 Å². The predicted molar refractivity (Wildman–Crippen MR) is 117 cm³/mol. The zero-order valence-corrected chi connectivity index (χ0v) is 18.0. The van der Waals surface area contributed by atoms with Crippen LogP contribution in [0.4, 0.5) is 16.5 Å². The second kappa shape index (κ2) is 7.87. The number of sulfonamides is 1. The van der Waals surface area contributed by atoms with Gasteiger partial charge >= 0.3 is 0 Å². The molecule has 1 saturated heterocycles. The lowest BCUT2D eigenvalue weighted by molar-refractivity contribution is 0.102. The van der Waals surface area contributed by atoms with E-state index in [1.54, 1.807) is 36.7 Å². The molecular formula is C19H19N7O3S2. The Morgan fingerprint density at radius 1 is 1.13 bits per heavy atom. The number of anilines is 3. The molecule has 0 bridgehead atoms. The maximum absolute atomic E-state index is 12.8. The van der Waals surface area contributed by atoms with E-state index in [1.807, 2.05) is 6.07 Å². The lowest BCUT2D eigenvalue weighted by Gasteiger charge is -2.30. The molecule has 0 spiro atoms. The highest BCUT2D eigenvalue weighted by Gasteiger charge is 2.37. The fourth-order valence-electron chi connectivity index (χ4n) is 3.66. The first kappa shape index (κ1) is 19.8. The summed E-state index contributed by atoms with van der Waals surface area (Å²) < 4.78 is 26.8. The molecule has 2 N–H and O–H groups in total. The number of aromatic nitrogens is 3. The number of amides is 1. The van der Waals surface area contributed by atoms with Gasteiger partial charge in [-0.3, -0.25) is 9.78 Å². The van der Waals surface area contributed by atoms with Gasteiger partial charge in [0.1, 0.15) is 0 Å². The molecule has 0 saturated carbocycles. The quantitative estimate of drug-likeness (QED) is 0.602. The van der Waals surface area contributed by atoms with Crippen LogP contribution in [-0.2, 0) is 16.6 Å². The summed E-state index contributed by atoms with van der Waals surface area (Å²) in [5.74, 6) is -0.456.